The lowest BCUT2D eigenvalue weighted by Crippen LogP contribution is -2.52. The molecule has 1 aromatic heterocycles. The molecule has 0 fully saturated rings. The third-order valence-electron chi connectivity index (χ3n) is 1.01. The molecule has 1 heterocycles. The highest BCUT2D eigenvalue weighted by atomic mass is 15.7. The van der Waals surface area contributed by atoms with Gasteiger partial charge in [0.15, 0.2) is 5.21 Å². The van der Waals surface area contributed by atoms with Crippen LogP contribution in [-0.4, -0.2) is 15.1 Å². The van der Waals surface area contributed by atoms with E-state index >= 15 is 0 Å². The molecule has 0 unspecified atom stereocenters. The van der Waals surface area contributed by atoms with Crippen molar-refractivity contribution in [3.63, 3.8) is 0 Å². The quantitative estimate of drug-likeness (QED) is 0.384. The summed E-state index contributed by atoms with van der Waals surface area (Å²) in [4.78, 5) is 2.94. The Bertz CT molecular complexity index is 191. The highest BCUT2D eigenvalue weighted by Crippen LogP contribution is 1.91. The van der Waals surface area contributed by atoms with Crippen LogP contribution in [0.4, 0.5) is 0 Å². The topological polar surface area (TPSA) is 60.6 Å². The van der Waals surface area contributed by atoms with E-state index in [0.29, 0.717) is 0 Å². The second-order valence-electron chi connectivity index (χ2n) is 2.11. The van der Waals surface area contributed by atoms with E-state index in [4.69, 9.17) is 5.84 Å². The number of nitrogen functional groups attached to an aromatic ring is 1. The van der Waals surface area contributed by atoms with Crippen LogP contribution in [0.15, 0.2) is 6.33 Å². The average molecular weight is 128 g/mol. The first-order valence-electron chi connectivity index (χ1n) is 2.79. The molecule has 0 aliphatic rings. The molecule has 1 aromatic rings. The molecule has 0 aromatic carbocycles. The third kappa shape index (κ3) is 0.984. The van der Waals surface area contributed by atoms with Crippen LogP contribution >= 0.6 is 0 Å². The van der Waals surface area contributed by atoms with E-state index < -0.39 is 0 Å². The molecule has 9 heavy (non-hydrogen) atoms. The molecule has 0 saturated heterocycles. The van der Waals surface area contributed by atoms with E-state index in [0.717, 1.165) is 0 Å². The Balaban J connectivity index is 2.94. The molecule has 0 spiro atoms. The number of aromatic nitrogens is 4. The minimum absolute atomic E-state index is 0.262. The highest BCUT2D eigenvalue weighted by Gasteiger charge is 2.08. The van der Waals surface area contributed by atoms with Gasteiger partial charge in [-0.1, -0.05) is 4.79 Å². The second kappa shape index (κ2) is 2.00. The number of hydrogen-bond acceptors (Lipinski definition) is 3. The van der Waals surface area contributed by atoms with Crippen LogP contribution in [0.1, 0.15) is 19.9 Å². The lowest BCUT2D eigenvalue weighted by Gasteiger charge is -1.97. The molecule has 5 heteroatoms. The summed E-state index contributed by atoms with van der Waals surface area (Å²) in [6, 6.07) is 0.262. The number of nitrogens with two attached hydrogens (primary N) is 1. The van der Waals surface area contributed by atoms with Gasteiger partial charge in [0.05, 0.1) is 6.04 Å². The fraction of sp³-hybridized carbons (Fsp3) is 0.750. The Morgan fingerprint density at radius 1 is 1.67 bits per heavy atom. The van der Waals surface area contributed by atoms with Gasteiger partial charge in [-0.3, -0.25) is 5.84 Å². The standard InChI is InChI=1S/C4H10N5/c1-4(2)9-7-6-3-8(9)5/h3-4H,5H2,1-2H3/q+1. The Morgan fingerprint density at radius 2 is 2.33 bits per heavy atom. The van der Waals surface area contributed by atoms with Crippen molar-refractivity contribution in [3.05, 3.63) is 6.33 Å². The summed E-state index contributed by atoms with van der Waals surface area (Å²) in [5, 5.41) is 7.31. The third-order valence-corrected chi connectivity index (χ3v) is 1.01. The molecule has 0 bridgehead atoms. The number of rotatable bonds is 1. The zero-order valence-corrected chi connectivity index (χ0v) is 5.52. The Labute approximate surface area is 53.0 Å². The maximum absolute atomic E-state index is 5.40. The molecule has 1 rings (SSSR count). The number of nitrogens with zero attached hydrogens (tertiary/aromatic N) is 4. The zero-order chi connectivity index (χ0) is 6.85. The van der Waals surface area contributed by atoms with Crippen molar-refractivity contribution in [1.82, 2.24) is 15.1 Å². The predicted molar refractivity (Wildman–Crippen MR) is 30.8 cm³/mol. The summed E-state index contributed by atoms with van der Waals surface area (Å²) in [5.41, 5.74) is 0. The Hall–Kier alpha value is -1.13. The maximum atomic E-state index is 5.40. The van der Waals surface area contributed by atoms with E-state index in [1.807, 2.05) is 13.8 Å². The van der Waals surface area contributed by atoms with Crippen LogP contribution in [0.25, 0.3) is 0 Å². The van der Waals surface area contributed by atoms with Crippen LogP contribution in [-0.2, 0) is 0 Å². The Kier molecular flexibility index (Phi) is 1.33. The monoisotopic (exact) mass is 128 g/mol. The first-order valence-corrected chi connectivity index (χ1v) is 2.79. The fourth-order valence-corrected chi connectivity index (χ4v) is 0.598. The van der Waals surface area contributed by atoms with Gasteiger partial charge in [-0.25, -0.2) is 0 Å². The van der Waals surface area contributed by atoms with Crippen LogP contribution in [0.2, 0.25) is 0 Å². The van der Waals surface area contributed by atoms with E-state index in [-0.39, 0.29) is 6.04 Å². The van der Waals surface area contributed by atoms with Crippen LogP contribution < -0.4 is 10.6 Å². The minimum atomic E-state index is 0.262. The maximum Gasteiger partial charge on any atom is 0.311 e. The predicted octanol–water partition coefficient (Wildman–Crippen LogP) is -1.14. The van der Waals surface area contributed by atoms with E-state index in [1.165, 1.54) is 11.1 Å². The van der Waals surface area contributed by atoms with Gasteiger partial charge >= 0.3 is 6.33 Å². The molecule has 0 radical (unpaired) electrons. The summed E-state index contributed by atoms with van der Waals surface area (Å²) >= 11 is 0. The summed E-state index contributed by atoms with van der Waals surface area (Å²) in [7, 11) is 0. The van der Waals surface area contributed by atoms with E-state index in [9.17, 15) is 0 Å². The Morgan fingerprint density at radius 3 is 2.56 bits per heavy atom. The summed E-state index contributed by atoms with van der Waals surface area (Å²) < 4.78 is 0. The number of hydrogen-bond donors (Lipinski definition) is 1. The average Bonchev–Trinajstić information content (AvgIpc) is 2.13. The van der Waals surface area contributed by atoms with Crippen molar-refractivity contribution in [3.8, 4) is 0 Å². The van der Waals surface area contributed by atoms with E-state index in [2.05, 4.69) is 10.3 Å². The minimum Gasteiger partial charge on any atom is -0.272 e. The van der Waals surface area contributed by atoms with Gasteiger partial charge in [0.2, 0.25) is 0 Å². The molecule has 0 atom stereocenters. The number of tetrazole rings is 1. The van der Waals surface area contributed by atoms with Gasteiger partial charge in [0, 0.05) is 0 Å². The second-order valence-corrected chi connectivity index (χ2v) is 2.11. The van der Waals surface area contributed by atoms with Crippen molar-refractivity contribution < 1.29 is 4.79 Å². The molecule has 0 aliphatic carbocycles. The molecule has 2 N–H and O–H groups in total. The van der Waals surface area contributed by atoms with Crippen molar-refractivity contribution in [2.24, 2.45) is 0 Å². The summed E-state index contributed by atoms with van der Waals surface area (Å²) in [6.07, 6.45) is 1.46. The molecule has 0 saturated carbocycles. The summed E-state index contributed by atoms with van der Waals surface area (Å²) in [5.74, 6) is 5.40. The first kappa shape index (κ1) is 6.00. The molecular formula is C4H10N5+. The lowest BCUT2D eigenvalue weighted by molar-refractivity contribution is -0.732. The SMILES string of the molecule is CC(C)n1nnc[n+]1N. The fourth-order valence-electron chi connectivity index (χ4n) is 0.598. The largest absolute Gasteiger partial charge is 0.311 e. The molecular weight excluding hydrogens is 118 g/mol. The lowest BCUT2D eigenvalue weighted by atomic mass is 10.4. The zero-order valence-electron chi connectivity index (χ0n) is 5.52. The smallest absolute Gasteiger partial charge is 0.272 e. The van der Waals surface area contributed by atoms with Gasteiger partial charge in [-0.15, -0.1) is 0 Å². The van der Waals surface area contributed by atoms with Gasteiger partial charge in [0.25, 0.3) is 0 Å². The van der Waals surface area contributed by atoms with Crippen molar-refractivity contribution in [1.29, 1.82) is 0 Å². The molecule has 0 amide bonds. The van der Waals surface area contributed by atoms with Crippen molar-refractivity contribution in [2.45, 2.75) is 19.9 Å². The molecule has 50 valence electrons. The van der Waals surface area contributed by atoms with Crippen LogP contribution in [0.5, 0.6) is 0 Å². The molecule has 5 nitrogen and oxygen atoms in total. The van der Waals surface area contributed by atoms with Crippen molar-refractivity contribution >= 4 is 0 Å². The van der Waals surface area contributed by atoms with Crippen LogP contribution in [0.3, 0.4) is 0 Å². The summed E-state index contributed by atoms with van der Waals surface area (Å²) in [6.45, 7) is 3.97. The van der Waals surface area contributed by atoms with Gasteiger partial charge < -0.3 is 0 Å². The molecule has 0 aliphatic heterocycles. The van der Waals surface area contributed by atoms with Gasteiger partial charge in [-0.05, 0) is 18.6 Å². The highest BCUT2D eigenvalue weighted by molar-refractivity contribution is 4.37. The normalized spacial score (nSPS) is 10.6. The van der Waals surface area contributed by atoms with Crippen LogP contribution in [0, 0.1) is 0 Å². The van der Waals surface area contributed by atoms with Gasteiger partial charge in [-0.2, -0.15) is 0 Å². The van der Waals surface area contributed by atoms with Crippen molar-refractivity contribution in [2.75, 3.05) is 5.84 Å². The van der Waals surface area contributed by atoms with Gasteiger partial charge in [0.1, 0.15) is 5.10 Å². The first-order chi connectivity index (χ1) is 4.22. The van der Waals surface area contributed by atoms with E-state index in [1.54, 1.807) is 4.80 Å².